The van der Waals surface area contributed by atoms with E-state index in [1.807, 2.05) is 6.92 Å². The average Bonchev–Trinajstić information content (AvgIpc) is 3.19. The Labute approximate surface area is 343 Å². The van der Waals surface area contributed by atoms with Gasteiger partial charge in [0.15, 0.2) is 5.60 Å². The summed E-state index contributed by atoms with van der Waals surface area (Å²) in [6.45, 7) is -0.451. The van der Waals surface area contributed by atoms with Crippen LogP contribution in [0.3, 0.4) is 0 Å². The molecule has 12 unspecified atom stereocenters. The van der Waals surface area contributed by atoms with Crippen molar-refractivity contribution in [1.82, 2.24) is 10.6 Å². The molecule has 3 aliphatic rings. The number of hydrogen-bond acceptors (Lipinski definition) is 21. The molecular formula is C35H61N3O22. The molecule has 3 aliphatic heterocycles. The van der Waals surface area contributed by atoms with Crippen LogP contribution in [0.2, 0.25) is 0 Å². The van der Waals surface area contributed by atoms with Crippen molar-refractivity contribution in [2.24, 2.45) is 5.73 Å². The molecule has 348 valence electrons. The number of rotatable bonds is 22. The molecule has 3 rings (SSSR count). The summed E-state index contributed by atoms with van der Waals surface area (Å²) < 4.78 is 33.4. The number of aliphatic carboxylic acids is 3. The van der Waals surface area contributed by atoms with Gasteiger partial charge in [-0.05, 0) is 20.4 Å². The van der Waals surface area contributed by atoms with Crippen LogP contribution in [0.5, 0.6) is 0 Å². The molecule has 3 heterocycles. The maximum atomic E-state index is 12.9. The molecule has 1 amide bonds. The van der Waals surface area contributed by atoms with Crippen LogP contribution in [-0.2, 0) is 47.6 Å². The molecule has 0 aromatic heterocycles. The summed E-state index contributed by atoms with van der Waals surface area (Å²) in [5, 5.41) is 134. The van der Waals surface area contributed by atoms with Crippen molar-refractivity contribution in [2.45, 2.75) is 161 Å². The summed E-state index contributed by atoms with van der Waals surface area (Å²) in [4.78, 5) is 50.6. The Balaban J connectivity index is 1.99. The molecule has 25 heteroatoms. The van der Waals surface area contributed by atoms with Gasteiger partial charge in [-0.1, -0.05) is 13.3 Å². The topological polar surface area (TPSA) is 417 Å². The summed E-state index contributed by atoms with van der Waals surface area (Å²) >= 11 is 0. The lowest BCUT2D eigenvalue weighted by Gasteiger charge is -2.50. The second-order valence-corrected chi connectivity index (χ2v) is 15.4. The zero-order valence-electron chi connectivity index (χ0n) is 33.6. The first kappa shape index (κ1) is 51.5. The van der Waals surface area contributed by atoms with Crippen LogP contribution in [0.15, 0.2) is 0 Å². The Bertz CT molecular complexity index is 1450. The van der Waals surface area contributed by atoms with Crippen LogP contribution < -0.4 is 16.4 Å². The lowest BCUT2D eigenvalue weighted by molar-refractivity contribution is -0.353. The van der Waals surface area contributed by atoms with Gasteiger partial charge in [-0.2, -0.15) is 0 Å². The highest BCUT2D eigenvalue weighted by Crippen LogP contribution is 2.39. The summed E-state index contributed by atoms with van der Waals surface area (Å²) in [6.07, 6.45) is -24.8. The number of carboxylic acid groups (broad SMARTS) is 3. The van der Waals surface area contributed by atoms with Gasteiger partial charge in [-0.25, -0.2) is 14.4 Å². The van der Waals surface area contributed by atoms with Gasteiger partial charge >= 0.3 is 17.9 Å². The fourth-order valence-electron chi connectivity index (χ4n) is 7.64. The minimum absolute atomic E-state index is 0.0270. The predicted molar refractivity (Wildman–Crippen MR) is 195 cm³/mol. The molecule has 18 atom stereocenters. The van der Waals surface area contributed by atoms with Crippen LogP contribution in [0.1, 0.15) is 52.4 Å². The van der Waals surface area contributed by atoms with Crippen molar-refractivity contribution in [1.29, 1.82) is 0 Å². The molecule has 0 aromatic carbocycles. The first-order valence-corrected chi connectivity index (χ1v) is 19.3. The van der Waals surface area contributed by atoms with E-state index >= 15 is 0 Å². The highest BCUT2D eigenvalue weighted by Gasteiger charge is 2.61. The third kappa shape index (κ3) is 11.0. The van der Waals surface area contributed by atoms with Gasteiger partial charge in [0.05, 0.1) is 56.3 Å². The normalized spacial score (nSPS) is 37.9. The average molecular weight is 876 g/mol. The van der Waals surface area contributed by atoms with Crippen molar-refractivity contribution in [3.05, 3.63) is 0 Å². The van der Waals surface area contributed by atoms with E-state index < -0.39 is 171 Å². The fourth-order valence-corrected chi connectivity index (χ4v) is 7.64. The number of ether oxygens (including phenoxy) is 6. The molecule has 3 fully saturated rings. The standard InChI is InChI=1S/C35H61N3O22/c1-5-6-7-20(45)38-23-16(44)10-35(32(53)54,60-29(23)24(46)17(11-39)55-4)56-18(12-40)25(47)27-21(36)14(42)9-34(59-27,31(51)52)57-19(13-41)26(48)28-22(37-3)15(43)8-33(2,58-28)30(49)50/h14-19,21-29,37,39-44,46-48H,5-13,36H2,1-4H3,(H,38,45)(H,49,50)(H,51,52)(H,53,54)/t14?,15?,16?,17-,18-,19-,21?,22?,23?,24-,25-,26-,27?,28?,29?,33?,34?,35?/m1/s1. The molecule has 25 nitrogen and oxygen atoms in total. The lowest BCUT2D eigenvalue weighted by Crippen LogP contribution is -2.70. The monoisotopic (exact) mass is 875 g/mol. The Kier molecular flexibility index (Phi) is 18.5. The summed E-state index contributed by atoms with van der Waals surface area (Å²) in [7, 11) is 2.43. The van der Waals surface area contributed by atoms with Crippen LogP contribution >= 0.6 is 0 Å². The molecule has 3 saturated heterocycles. The molecule has 0 aromatic rings. The van der Waals surface area contributed by atoms with Gasteiger partial charge in [0, 0.05) is 32.8 Å². The molecule has 0 spiro atoms. The number of likely N-dealkylation sites (N-methyl/N-ethyl adjacent to an activating group) is 1. The number of nitrogens with two attached hydrogens (primary N) is 1. The highest BCUT2D eigenvalue weighted by molar-refractivity contribution is 5.78. The number of methoxy groups -OCH3 is 1. The van der Waals surface area contributed by atoms with Gasteiger partial charge in [-0.3, -0.25) is 4.79 Å². The molecule has 0 radical (unpaired) electrons. The molecule has 0 bridgehead atoms. The number of carbonyl (C=O) groups is 4. The van der Waals surface area contributed by atoms with Crippen LogP contribution in [0.4, 0.5) is 0 Å². The first-order valence-electron chi connectivity index (χ1n) is 19.3. The Hall–Kier alpha value is -2.80. The second kappa shape index (κ2) is 21.5. The number of nitrogens with one attached hydrogen (secondary N) is 2. The Morgan fingerprint density at radius 3 is 1.62 bits per heavy atom. The quantitative estimate of drug-likeness (QED) is 0.0481. The van der Waals surface area contributed by atoms with Crippen molar-refractivity contribution < 1.29 is 109 Å². The van der Waals surface area contributed by atoms with Gasteiger partial charge in [0.2, 0.25) is 5.91 Å². The van der Waals surface area contributed by atoms with Gasteiger partial charge < -0.3 is 106 Å². The van der Waals surface area contributed by atoms with Crippen molar-refractivity contribution in [2.75, 3.05) is 34.0 Å². The molecule has 60 heavy (non-hydrogen) atoms. The van der Waals surface area contributed by atoms with Crippen LogP contribution in [0, 0.1) is 0 Å². The fraction of sp³-hybridized carbons (Fsp3) is 0.886. The van der Waals surface area contributed by atoms with E-state index in [9.17, 15) is 80.5 Å². The van der Waals surface area contributed by atoms with Crippen molar-refractivity contribution in [3.8, 4) is 0 Å². The number of hydrogen-bond donors (Lipinski definition) is 15. The number of carbonyl (C=O) groups excluding carboxylic acids is 1. The lowest BCUT2D eigenvalue weighted by atomic mass is 9.84. The molecule has 0 aliphatic carbocycles. The minimum Gasteiger partial charge on any atom is -0.479 e. The molecular weight excluding hydrogens is 814 g/mol. The number of amides is 1. The molecule has 16 N–H and O–H groups in total. The molecule has 0 saturated carbocycles. The maximum Gasteiger partial charge on any atom is 0.364 e. The zero-order valence-corrected chi connectivity index (χ0v) is 33.6. The third-order valence-corrected chi connectivity index (χ3v) is 11.2. The number of carboxylic acids is 3. The van der Waals surface area contributed by atoms with Gasteiger partial charge in [0.25, 0.3) is 11.6 Å². The van der Waals surface area contributed by atoms with E-state index in [1.54, 1.807) is 0 Å². The minimum atomic E-state index is -3.12. The zero-order chi connectivity index (χ0) is 45.5. The number of aliphatic hydroxyl groups excluding tert-OH is 9. The van der Waals surface area contributed by atoms with Crippen LogP contribution in [0.25, 0.3) is 0 Å². The third-order valence-electron chi connectivity index (χ3n) is 11.2. The SMILES string of the molecule is CCCCC(=O)NC1C(O)CC(O[C@H](CO)[C@@H](O)C2OC(O[C@H](CO)[C@@H](O)C3OC(C)(C(=O)O)CC(O)C3NC)(C(=O)O)CC(O)C2N)(C(=O)O)OC1[C@H](O)[C@@H](CO)OC. The van der Waals surface area contributed by atoms with E-state index in [0.717, 1.165) is 14.0 Å². The van der Waals surface area contributed by atoms with E-state index in [0.29, 0.717) is 12.8 Å². The smallest absolute Gasteiger partial charge is 0.364 e. The van der Waals surface area contributed by atoms with Gasteiger partial charge in [-0.15, -0.1) is 0 Å². The van der Waals surface area contributed by atoms with Crippen molar-refractivity contribution >= 4 is 23.8 Å². The van der Waals surface area contributed by atoms with E-state index in [2.05, 4.69) is 10.6 Å². The number of aliphatic hydroxyl groups is 9. The predicted octanol–water partition coefficient (Wildman–Crippen LogP) is -6.72. The summed E-state index contributed by atoms with van der Waals surface area (Å²) in [6, 6.07) is -4.48. The summed E-state index contributed by atoms with van der Waals surface area (Å²) in [5.41, 5.74) is 4.06. The Morgan fingerprint density at radius 2 is 1.17 bits per heavy atom. The largest absolute Gasteiger partial charge is 0.479 e. The second-order valence-electron chi connectivity index (χ2n) is 15.4. The Morgan fingerprint density at radius 1 is 0.717 bits per heavy atom. The first-order chi connectivity index (χ1) is 28.1. The van der Waals surface area contributed by atoms with Crippen molar-refractivity contribution in [3.63, 3.8) is 0 Å². The van der Waals surface area contributed by atoms with E-state index in [4.69, 9.17) is 34.2 Å². The maximum absolute atomic E-state index is 12.9. The summed E-state index contributed by atoms with van der Waals surface area (Å²) in [5.74, 6) is -12.4. The van der Waals surface area contributed by atoms with Gasteiger partial charge in [0.1, 0.15) is 54.9 Å². The highest BCUT2D eigenvalue weighted by atomic mass is 16.8. The number of unbranched alkanes of at least 4 members (excludes halogenated alkanes) is 1. The van der Waals surface area contributed by atoms with Crippen LogP contribution in [-0.4, -0.2) is 228 Å². The van der Waals surface area contributed by atoms with E-state index in [1.165, 1.54) is 7.05 Å². The van der Waals surface area contributed by atoms with E-state index in [-0.39, 0.29) is 6.42 Å².